The Balaban J connectivity index is 1.40. The minimum atomic E-state index is -0.192. The zero-order valence-electron chi connectivity index (χ0n) is 16.4. The molecule has 146 valence electrons. The van der Waals surface area contributed by atoms with E-state index in [-0.39, 0.29) is 17.6 Å². The first kappa shape index (κ1) is 18.7. The summed E-state index contributed by atoms with van der Waals surface area (Å²) < 4.78 is 5.51. The van der Waals surface area contributed by atoms with Gasteiger partial charge in [-0.3, -0.25) is 9.59 Å². The monoisotopic (exact) mass is 377 g/mol. The van der Waals surface area contributed by atoms with Crippen molar-refractivity contribution in [2.24, 2.45) is 5.92 Å². The number of rotatable bonds is 3. The van der Waals surface area contributed by atoms with Crippen molar-refractivity contribution in [3.05, 3.63) is 65.2 Å². The van der Waals surface area contributed by atoms with E-state index in [2.05, 4.69) is 6.07 Å². The molecular weight excluding hydrogens is 350 g/mol. The van der Waals surface area contributed by atoms with E-state index in [0.29, 0.717) is 12.3 Å². The van der Waals surface area contributed by atoms with Crippen molar-refractivity contribution in [1.82, 2.24) is 4.90 Å². The number of amides is 1. The highest BCUT2D eigenvalue weighted by Crippen LogP contribution is 2.35. The van der Waals surface area contributed by atoms with Gasteiger partial charge in [0, 0.05) is 31.0 Å². The summed E-state index contributed by atoms with van der Waals surface area (Å²) in [5.41, 5.74) is 3.11. The summed E-state index contributed by atoms with van der Waals surface area (Å²) in [6.45, 7) is 1.50. The van der Waals surface area contributed by atoms with Gasteiger partial charge in [0.2, 0.25) is 5.91 Å². The van der Waals surface area contributed by atoms with Crippen LogP contribution in [0.15, 0.2) is 48.5 Å². The number of Topliss-reactive ketones (excluding diaryl/α,β-unsaturated/α-hetero) is 1. The smallest absolute Gasteiger partial charge is 0.226 e. The van der Waals surface area contributed by atoms with Gasteiger partial charge in [-0.05, 0) is 48.8 Å². The predicted molar refractivity (Wildman–Crippen MR) is 109 cm³/mol. The fraction of sp³-hybridized carbons (Fsp3) is 0.417. The van der Waals surface area contributed by atoms with Gasteiger partial charge in [-0.2, -0.15) is 0 Å². The van der Waals surface area contributed by atoms with Gasteiger partial charge in [0.15, 0.2) is 5.78 Å². The van der Waals surface area contributed by atoms with E-state index in [4.69, 9.17) is 4.74 Å². The Bertz CT molecular complexity index is 868. The highest BCUT2D eigenvalue weighted by molar-refractivity contribution is 6.00. The molecule has 1 saturated heterocycles. The number of hydrogen-bond acceptors (Lipinski definition) is 3. The molecule has 2 aliphatic rings. The van der Waals surface area contributed by atoms with Gasteiger partial charge in [0.25, 0.3) is 0 Å². The fourth-order valence-corrected chi connectivity index (χ4v) is 4.66. The number of carbonyl (C=O) groups excluding carboxylic acids is 2. The summed E-state index contributed by atoms with van der Waals surface area (Å²) >= 11 is 0. The van der Waals surface area contributed by atoms with Crippen LogP contribution in [0.1, 0.15) is 53.1 Å². The third kappa shape index (κ3) is 3.68. The van der Waals surface area contributed by atoms with Crippen LogP contribution in [-0.2, 0) is 11.2 Å². The topological polar surface area (TPSA) is 46.6 Å². The molecule has 0 saturated carbocycles. The summed E-state index contributed by atoms with van der Waals surface area (Å²) in [5, 5.41) is 0. The van der Waals surface area contributed by atoms with Crippen molar-refractivity contribution < 1.29 is 14.3 Å². The van der Waals surface area contributed by atoms with Gasteiger partial charge in [-0.15, -0.1) is 0 Å². The molecule has 0 aromatic heterocycles. The SMILES string of the molecule is COc1ccccc1C1CCN(C(=O)C2CCc3ccccc3C(=O)C2)CC1. The average Bonchev–Trinajstić information content (AvgIpc) is 2.92. The van der Waals surface area contributed by atoms with Gasteiger partial charge in [0.05, 0.1) is 7.11 Å². The van der Waals surface area contributed by atoms with Crippen LogP contribution in [0.5, 0.6) is 5.75 Å². The van der Waals surface area contributed by atoms with Crippen molar-refractivity contribution in [2.75, 3.05) is 20.2 Å². The van der Waals surface area contributed by atoms with Gasteiger partial charge >= 0.3 is 0 Å². The van der Waals surface area contributed by atoms with Crippen LogP contribution >= 0.6 is 0 Å². The minimum Gasteiger partial charge on any atom is -0.496 e. The van der Waals surface area contributed by atoms with Crippen molar-refractivity contribution in [3.8, 4) is 5.75 Å². The van der Waals surface area contributed by atoms with E-state index in [1.54, 1.807) is 7.11 Å². The van der Waals surface area contributed by atoms with Crippen LogP contribution in [-0.4, -0.2) is 36.8 Å². The van der Waals surface area contributed by atoms with E-state index < -0.39 is 0 Å². The molecular formula is C24H27NO3. The first-order valence-electron chi connectivity index (χ1n) is 10.2. The van der Waals surface area contributed by atoms with Crippen LogP contribution in [0, 0.1) is 5.92 Å². The molecule has 2 aromatic rings. The number of piperidine rings is 1. The molecule has 2 aromatic carbocycles. The first-order chi connectivity index (χ1) is 13.7. The molecule has 4 rings (SSSR count). The molecule has 4 heteroatoms. The number of hydrogen-bond donors (Lipinski definition) is 0. The lowest BCUT2D eigenvalue weighted by Gasteiger charge is -2.34. The molecule has 1 amide bonds. The van der Waals surface area contributed by atoms with Crippen LogP contribution in [0.25, 0.3) is 0 Å². The van der Waals surface area contributed by atoms with Crippen LogP contribution < -0.4 is 4.74 Å². The molecule has 0 bridgehead atoms. The summed E-state index contributed by atoms with van der Waals surface area (Å²) in [5.74, 6) is 1.41. The molecule has 1 aliphatic heterocycles. The summed E-state index contributed by atoms with van der Waals surface area (Å²) in [4.78, 5) is 27.7. The van der Waals surface area contributed by atoms with Gasteiger partial charge < -0.3 is 9.64 Å². The van der Waals surface area contributed by atoms with Crippen LogP contribution in [0.3, 0.4) is 0 Å². The van der Waals surface area contributed by atoms with E-state index in [1.807, 2.05) is 47.4 Å². The number of aryl methyl sites for hydroxylation is 1. The van der Waals surface area contributed by atoms with Crippen LogP contribution in [0.4, 0.5) is 0 Å². The Morgan fingerprint density at radius 1 is 1.00 bits per heavy atom. The summed E-state index contributed by atoms with van der Waals surface area (Å²) in [6, 6.07) is 15.9. The lowest BCUT2D eigenvalue weighted by atomic mass is 9.87. The second-order valence-corrected chi connectivity index (χ2v) is 7.86. The number of benzene rings is 2. The maximum absolute atomic E-state index is 13.1. The highest BCUT2D eigenvalue weighted by atomic mass is 16.5. The Morgan fingerprint density at radius 3 is 2.50 bits per heavy atom. The Kier molecular flexibility index (Phi) is 5.47. The summed E-state index contributed by atoms with van der Waals surface area (Å²) in [6.07, 6.45) is 3.77. The Labute approximate surface area is 166 Å². The highest BCUT2D eigenvalue weighted by Gasteiger charge is 2.32. The number of methoxy groups -OCH3 is 1. The molecule has 0 radical (unpaired) electrons. The number of para-hydroxylation sites is 1. The largest absolute Gasteiger partial charge is 0.496 e. The molecule has 1 aliphatic carbocycles. The molecule has 1 fully saturated rings. The summed E-state index contributed by atoms with van der Waals surface area (Å²) in [7, 11) is 1.71. The lowest BCUT2D eigenvalue weighted by molar-refractivity contribution is -0.136. The molecule has 28 heavy (non-hydrogen) atoms. The Morgan fingerprint density at radius 2 is 1.71 bits per heavy atom. The maximum Gasteiger partial charge on any atom is 0.226 e. The second-order valence-electron chi connectivity index (χ2n) is 7.86. The number of ether oxygens (including phenoxy) is 1. The molecule has 4 nitrogen and oxygen atoms in total. The van der Waals surface area contributed by atoms with E-state index in [0.717, 1.165) is 55.6 Å². The van der Waals surface area contributed by atoms with Gasteiger partial charge in [-0.25, -0.2) is 0 Å². The fourth-order valence-electron chi connectivity index (χ4n) is 4.66. The standard InChI is InChI=1S/C24H27NO3/c1-28-23-9-5-4-8-21(23)18-12-14-25(15-13-18)24(27)19-11-10-17-6-2-3-7-20(17)22(26)16-19/h2-9,18-19H,10-16H2,1H3. The zero-order chi connectivity index (χ0) is 19.5. The van der Waals surface area contributed by atoms with E-state index in [1.165, 1.54) is 5.56 Å². The molecule has 1 unspecified atom stereocenters. The average molecular weight is 377 g/mol. The molecule has 0 N–H and O–H groups in total. The number of fused-ring (bicyclic) bond motifs is 1. The molecule has 1 atom stereocenters. The maximum atomic E-state index is 13.1. The van der Waals surface area contributed by atoms with E-state index in [9.17, 15) is 9.59 Å². The van der Waals surface area contributed by atoms with E-state index >= 15 is 0 Å². The zero-order valence-corrected chi connectivity index (χ0v) is 16.4. The number of carbonyl (C=O) groups is 2. The second kappa shape index (κ2) is 8.17. The molecule has 0 spiro atoms. The first-order valence-corrected chi connectivity index (χ1v) is 10.2. The Hall–Kier alpha value is -2.62. The number of nitrogens with zero attached hydrogens (tertiary/aromatic N) is 1. The third-order valence-corrected chi connectivity index (χ3v) is 6.25. The van der Waals surface area contributed by atoms with Crippen LogP contribution in [0.2, 0.25) is 0 Å². The normalized spacial score (nSPS) is 20.4. The molecule has 1 heterocycles. The predicted octanol–water partition coefficient (Wildman–Crippen LogP) is 4.24. The van der Waals surface area contributed by atoms with Crippen molar-refractivity contribution in [1.29, 1.82) is 0 Å². The van der Waals surface area contributed by atoms with Crippen molar-refractivity contribution in [2.45, 2.75) is 38.0 Å². The van der Waals surface area contributed by atoms with Crippen molar-refractivity contribution >= 4 is 11.7 Å². The lowest BCUT2D eigenvalue weighted by Crippen LogP contribution is -2.41. The quantitative estimate of drug-likeness (QED) is 0.752. The number of likely N-dealkylation sites (tertiary alicyclic amines) is 1. The van der Waals surface area contributed by atoms with Crippen molar-refractivity contribution in [3.63, 3.8) is 0 Å². The minimum absolute atomic E-state index is 0.107. The number of ketones is 1. The van der Waals surface area contributed by atoms with Gasteiger partial charge in [-0.1, -0.05) is 42.5 Å². The third-order valence-electron chi connectivity index (χ3n) is 6.25. The van der Waals surface area contributed by atoms with Gasteiger partial charge in [0.1, 0.15) is 5.75 Å².